The van der Waals surface area contributed by atoms with Crippen molar-refractivity contribution in [2.75, 3.05) is 20.3 Å². The highest BCUT2D eigenvalue weighted by atomic mass is 16.5. The number of aromatic nitrogens is 1. The minimum atomic E-state index is -0.386. The summed E-state index contributed by atoms with van der Waals surface area (Å²) in [6.45, 7) is 2.59. The van der Waals surface area contributed by atoms with E-state index in [0.717, 1.165) is 44.1 Å². The number of benzene rings is 4. The van der Waals surface area contributed by atoms with Crippen LogP contribution in [0.1, 0.15) is 29.4 Å². The van der Waals surface area contributed by atoms with Crippen molar-refractivity contribution < 1.29 is 24.1 Å². The minimum Gasteiger partial charge on any atom is -0.508 e. The van der Waals surface area contributed by atoms with Crippen LogP contribution in [0, 0.1) is 0 Å². The third-order valence-electron chi connectivity index (χ3n) is 6.44. The van der Waals surface area contributed by atoms with E-state index >= 15 is 0 Å². The molecule has 5 aromatic rings. The first-order chi connectivity index (χ1) is 18.1. The van der Waals surface area contributed by atoms with Gasteiger partial charge in [0, 0.05) is 22.4 Å². The van der Waals surface area contributed by atoms with Crippen LogP contribution in [0.15, 0.2) is 78.9 Å². The standard InChI is InChI=1S/C31H29NO5/c1-3-36-31(34)30-27(14-8-16-37-28-15-6-10-20-9-4-5-11-24(20)28)26-13-7-12-25(29(26)32-30)21-17-22(33)19-23(18-21)35-2/h4-7,9-13,15,17-19,32-33H,3,8,14,16H2,1-2H3. The van der Waals surface area contributed by atoms with E-state index in [2.05, 4.69) is 23.2 Å². The van der Waals surface area contributed by atoms with Gasteiger partial charge in [-0.15, -0.1) is 0 Å². The average Bonchev–Trinajstić information content (AvgIpc) is 3.29. The number of para-hydroxylation sites is 1. The van der Waals surface area contributed by atoms with Crippen molar-refractivity contribution in [3.8, 4) is 28.4 Å². The monoisotopic (exact) mass is 495 g/mol. The van der Waals surface area contributed by atoms with E-state index in [0.29, 0.717) is 30.9 Å². The average molecular weight is 496 g/mol. The maximum absolute atomic E-state index is 12.9. The molecule has 0 bridgehead atoms. The predicted molar refractivity (Wildman–Crippen MR) is 146 cm³/mol. The molecular weight excluding hydrogens is 466 g/mol. The molecule has 0 atom stereocenters. The van der Waals surface area contributed by atoms with Crippen LogP contribution in [0.2, 0.25) is 0 Å². The first-order valence-electron chi connectivity index (χ1n) is 12.4. The van der Waals surface area contributed by atoms with Gasteiger partial charge < -0.3 is 24.3 Å². The van der Waals surface area contributed by atoms with Crippen molar-refractivity contribution in [3.05, 3.63) is 90.1 Å². The lowest BCUT2D eigenvalue weighted by molar-refractivity contribution is 0.0519. The molecule has 0 aliphatic heterocycles. The molecule has 0 amide bonds. The molecule has 0 spiro atoms. The fourth-order valence-electron chi connectivity index (χ4n) is 4.76. The number of hydrogen-bond donors (Lipinski definition) is 2. The number of nitrogens with one attached hydrogen (secondary N) is 1. The van der Waals surface area contributed by atoms with Gasteiger partial charge in [-0.05, 0) is 54.5 Å². The normalized spacial score (nSPS) is 11.1. The van der Waals surface area contributed by atoms with Crippen LogP contribution < -0.4 is 9.47 Å². The van der Waals surface area contributed by atoms with Crippen molar-refractivity contribution >= 4 is 27.6 Å². The van der Waals surface area contributed by atoms with Gasteiger partial charge >= 0.3 is 5.97 Å². The van der Waals surface area contributed by atoms with E-state index in [1.54, 1.807) is 26.2 Å². The second kappa shape index (κ2) is 10.7. The number of esters is 1. The summed E-state index contributed by atoms with van der Waals surface area (Å²) in [5.41, 5.74) is 3.79. The first-order valence-corrected chi connectivity index (χ1v) is 12.4. The summed E-state index contributed by atoms with van der Waals surface area (Å²) in [5.74, 6) is 1.12. The van der Waals surface area contributed by atoms with Crippen LogP contribution in [-0.2, 0) is 11.2 Å². The Morgan fingerprint density at radius 1 is 0.946 bits per heavy atom. The van der Waals surface area contributed by atoms with Gasteiger partial charge in [0.1, 0.15) is 22.9 Å². The van der Waals surface area contributed by atoms with Crippen molar-refractivity contribution in [3.63, 3.8) is 0 Å². The lowest BCUT2D eigenvalue weighted by Gasteiger charge is -2.10. The number of H-pyrrole nitrogens is 1. The number of phenols is 1. The molecule has 4 aromatic carbocycles. The third-order valence-corrected chi connectivity index (χ3v) is 6.44. The van der Waals surface area contributed by atoms with E-state index in [9.17, 15) is 9.90 Å². The summed E-state index contributed by atoms with van der Waals surface area (Å²) in [4.78, 5) is 16.2. The Kier molecular flexibility index (Phi) is 6.99. The first kappa shape index (κ1) is 24.3. The Bertz CT molecular complexity index is 1560. The molecule has 37 heavy (non-hydrogen) atoms. The maximum atomic E-state index is 12.9. The largest absolute Gasteiger partial charge is 0.508 e. The molecule has 0 radical (unpaired) electrons. The number of methoxy groups -OCH3 is 1. The SMILES string of the molecule is CCOC(=O)c1[nH]c2c(-c3cc(O)cc(OC)c3)cccc2c1CCCOc1cccc2ccccc12. The molecule has 6 heteroatoms. The van der Waals surface area contributed by atoms with Gasteiger partial charge in [-0.3, -0.25) is 0 Å². The molecule has 0 unspecified atom stereocenters. The van der Waals surface area contributed by atoms with Crippen LogP contribution in [0.5, 0.6) is 17.2 Å². The van der Waals surface area contributed by atoms with Crippen molar-refractivity contribution in [1.82, 2.24) is 4.98 Å². The Hall–Kier alpha value is -4.45. The zero-order valence-corrected chi connectivity index (χ0v) is 20.9. The topological polar surface area (TPSA) is 80.8 Å². The lowest BCUT2D eigenvalue weighted by Crippen LogP contribution is -2.09. The highest BCUT2D eigenvalue weighted by Gasteiger charge is 2.21. The fraction of sp³-hybridized carbons (Fsp3) is 0.194. The van der Waals surface area contributed by atoms with Crippen LogP contribution in [-0.4, -0.2) is 36.4 Å². The predicted octanol–water partition coefficient (Wildman–Crippen LogP) is 6.89. The molecule has 6 nitrogen and oxygen atoms in total. The van der Waals surface area contributed by atoms with E-state index in [1.165, 1.54) is 0 Å². The molecular formula is C31H29NO5. The smallest absolute Gasteiger partial charge is 0.355 e. The summed E-state index contributed by atoms with van der Waals surface area (Å²) < 4.78 is 16.8. The Balaban J connectivity index is 1.45. The van der Waals surface area contributed by atoms with Gasteiger partial charge in [0.2, 0.25) is 0 Å². The second-order valence-electron chi connectivity index (χ2n) is 8.78. The molecule has 0 saturated carbocycles. The highest BCUT2D eigenvalue weighted by molar-refractivity contribution is 6.03. The van der Waals surface area contributed by atoms with Crippen LogP contribution in [0.3, 0.4) is 0 Å². The molecule has 1 heterocycles. The fourth-order valence-corrected chi connectivity index (χ4v) is 4.76. The number of ether oxygens (including phenoxy) is 3. The van der Waals surface area contributed by atoms with E-state index < -0.39 is 0 Å². The zero-order chi connectivity index (χ0) is 25.8. The van der Waals surface area contributed by atoms with E-state index in [-0.39, 0.29) is 18.3 Å². The Labute approximate surface area is 215 Å². The van der Waals surface area contributed by atoms with E-state index in [1.807, 2.05) is 48.5 Å². The Morgan fingerprint density at radius 2 is 1.73 bits per heavy atom. The van der Waals surface area contributed by atoms with Gasteiger partial charge in [0.05, 0.1) is 25.8 Å². The molecule has 0 fully saturated rings. The van der Waals surface area contributed by atoms with Crippen molar-refractivity contribution in [2.45, 2.75) is 19.8 Å². The highest BCUT2D eigenvalue weighted by Crippen LogP contribution is 2.36. The quantitative estimate of drug-likeness (QED) is 0.172. The van der Waals surface area contributed by atoms with Gasteiger partial charge in [0.15, 0.2) is 0 Å². The van der Waals surface area contributed by atoms with Crippen molar-refractivity contribution in [2.24, 2.45) is 0 Å². The van der Waals surface area contributed by atoms with E-state index in [4.69, 9.17) is 14.2 Å². The van der Waals surface area contributed by atoms with Crippen LogP contribution in [0.4, 0.5) is 0 Å². The number of fused-ring (bicyclic) bond motifs is 2. The number of hydrogen-bond acceptors (Lipinski definition) is 5. The number of phenolic OH excluding ortho intramolecular Hbond substituents is 1. The number of carbonyl (C=O) groups is 1. The molecule has 0 aliphatic carbocycles. The number of rotatable bonds is 9. The number of aromatic hydroxyl groups is 1. The number of aromatic amines is 1. The van der Waals surface area contributed by atoms with Gasteiger partial charge in [0.25, 0.3) is 0 Å². The van der Waals surface area contributed by atoms with Gasteiger partial charge in [-0.1, -0.05) is 54.6 Å². The van der Waals surface area contributed by atoms with Crippen LogP contribution in [0.25, 0.3) is 32.8 Å². The number of carbonyl (C=O) groups excluding carboxylic acids is 1. The summed E-state index contributed by atoms with van der Waals surface area (Å²) >= 11 is 0. The molecule has 2 N–H and O–H groups in total. The molecule has 0 saturated heterocycles. The van der Waals surface area contributed by atoms with Gasteiger partial charge in [-0.2, -0.15) is 0 Å². The molecule has 5 rings (SSSR count). The second-order valence-corrected chi connectivity index (χ2v) is 8.78. The molecule has 1 aromatic heterocycles. The van der Waals surface area contributed by atoms with Crippen molar-refractivity contribution in [1.29, 1.82) is 0 Å². The molecule has 188 valence electrons. The zero-order valence-electron chi connectivity index (χ0n) is 20.9. The third kappa shape index (κ3) is 4.96. The molecule has 0 aliphatic rings. The lowest BCUT2D eigenvalue weighted by atomic mass is 9.99. The summed E-state index contributed by atoms with van der Waals surface area (Å²) in [6, 6.07) is 25.2. The minimum absolute atomic E-state index is 0.106. The summed E-state index contributed by atoms with van der Waals surface area (Å²) in [6.07, 6.45) is 1.35. The Morgan fingerprint density at radius 3 is 2.57 bits per heavy atom. The van der Waals surface area contributed by atoms with Gasteiger partial charge in [-0.25, -0.2) is 4.79 Å². The maximum Gasteiger partial charge on any atom is 0.355 e. The van der Waals surface area contributed by atoms with Crippen LogP contribution >= 0.6 is 0 Å². The summed E-state index contributed by atoms with van der Waals surface area (Å²) in [5, 5.41) is 13.4. The summed E-state index contributed by atoms with van der Waals surface area (Å²) in [7, 11) is 1.56. The number of aryl methyl sites for hydroxylation is 1.